The second-order valence-electron chi connectivity index (χ2n) is 3.65. The Labute approximate surface area is 96.9 Å². The molecule has 0 aliphatic carbocycles. The normalized spacial score (nSPS) is 10.3. The number of halogens is 2. The number of hydrogen-bond acceptors (Lipinski definition) is 2. The first-order valence-corrected chi connectivity index (χ1v) is 5.00. The third-order valence-electron chi connectivity index (χ3n) is 2.39. The van der Waals surface area contributed by atoms with Crippen molar-refractivity contribution in [2.24, 2.45) is 0 Å². The van der Waals surface area contributed by atoms with Crippen molar-refractivity contribution in [3.63, 3.8) is 0 Å². The number of aromatic nitrogens is 1. The van der Waals surface area contributed by atoms with Crippen molar-refractivity contribution in [3.8, 4) is 0 Å². The van der Waals surface area contributed by atoms with Gasteiger partial charge in [-0.3, -0.25) is 4.79 Å². The van der Waals surface area contributed by atoms with E-state index in [1.54, 1.807) is 6.92 Å². The summed E-state index contributed by atoms with van der Waals surface area (Å²) in [4.78, 5) is 15.7. The molecule has 0 amide bonds. The van der Waals surface area contributed by atoms with E-state index in [0.717, 1.165) is 6.20 Å². The molecule has 0 radical (unpaired) electrons. The van der Waals surface area contributed by atoms with E-state index >= 15 is 0 Å². The molecule has 4 heteroatoms. The van der Waals surface area contributed by atoms with Crippen LogP contribution in [0.25, 0.3) is 0 Å². The Morgan fingerprint density at radius 3 is 2.41 bits per heavy atom. The molecule has 0 atom stereocenters. The van der Waals surface area contributed by atoms with Gasteiger partial charge in [-0.15, -0.1) is 0 Å². The summed E-state index contributed by atoms with van der Waals surface area (Å²) in [6.07, 6.45) is 0.978. The van der Waals surface area contributed by atoms with Crippen molar-refractivity contribution in [1.29, 1.82) is 0 Å². The first-order chi connectivity index (χ1) is 8.08. The first-order valence-electron chi connectivity index (χ1n) is 5.00. The van der Waals surface area contributed by atoms with Gasteiger partial charge in [0.2, 0.25) is 5.78 Å². The molecule has 17 heavy (non-hydrogen) atoms. The first kappa shape index (κ1) is 11.4. The Morgan fingerprint density at radius 2 is 1.82 bits per heavy atom. The molecule has 1 heterocycles. The number of carbonyl (C=O) groups excluding carboxylic acids is 1. The van der Waals surface area contributed by atoms with E-state index in [-0.39, 0.29) is 11.5 Å². The van der Waals surface area contributed by atoms with Crippen LogP contribution in [0.5, 0.6) is 0 Å². The van der Waals surface area contributed by atoms with Gasteiger partial charge in [-0.05, 0) is 42.8 Å². The maximum atomic E-state index is 12.9. The molecule has 0 saturated heterocycles. The van der Waals surface area contributed by atoms with E-state index in [1.165, 1.54) is 30.3 Å². The molecule has 0 fully saturated rings. The predicted octanol–water partition coefficient (Wildman–Crippen LogP) is 2.90. The second kappa shape index (κ2) is 4.41. The quantitative estimate of drug-likeness (QED) is 0.746. The number of hydrogen-bond donors (Lipinski definition) is 0. The molecule has 1 aromatic heterocycles. The standard InChI is InChI=1S/C13H9F2NO/c1-8-6-9(14)2-4-11(8)13(17)12-5-3-10(15)7-16-12/h2-7H,1H3. The van der Waals surface area contributed by atoms with Gasteiger partial charge in [0.25, 0.3) is 0 Å². The molecular weight excluding hydrogens is 224 g/mol. The lowest BCUT2D eigenvalue weighted by atomic mass is 10.0. The van der Waals surface area contributed by atoms with Crippen molar-refractivity contribution < 1.29 is 13.6 Å². The Bertz CT molecular complexity index is 564. The molecule has 0 unspecified atom stereocenters. The van der Waals surface area contributed by atoms with Crippen LogP contribution in [-0.4, -0.2) is 10.8 Å². The van der Waals surface area contributed by atoms with Gasteiger partial charge in [0.05, 0.1) is 6.20 Å². The largest absolute Gasteiger partial charge is 0.287 e. The maximum Gasteiger partial charge on any atom is 0.211 e. The highest BCUT2D eigenvalue weighted by atomic mass is 19.1. The van der Waals surface area contributed by atoms with Crippen LogP contribution in [0.4, 0.5) is 8.78 Å². The van der Waals surface area contributed by atoms with Crippen molar-refractivity contribution >= 4 is 5.78 Å². The highest BCUT2D eigenvalue weighted by Crippen LogP contribution is 2.14. The number of aryl methyl sites for hydroxylation is 1. The summed E-state index contributed by atoms with van der Waals surface area (Å²) in [5, 5.41) is 0. The van der Waals surface area contributed by atoms with Gasteiger partial charge in [0.1, 0.15) is 17.3 Å². The topological polar surface area (TPSA) is 30.0 Å². The number of carbonyl (C=O) groups is 1. The zero-order valence-electron chi connectivity index (χ0n) is 9.08. The molecule has 2 rings (SSSR count). The minimum Gasteiger partial charge on any atom is -0.287 e. The Hall–Kier alpha value is -2.10. The zero-order chi connectivity index (χ0) is 12.4. The lowest BCUT2D eigenvalue weighted by molar-refractivity contribution is 0.103. The molecule has 2 nitrogen and oxygen atoms in total. The van der Waals surface area contributed by atoms with E-state index < -0.39 is 11.6 Å². The van der Waals surface area contributed by atoms with E-state index in [4.69, 9.17) is 0 Å². The van der Waals surface area contributed by atoms with Crippen LogP contribution in [0.1, 0.15) is 21.6 Å². The summed E-state index contributed by atoms with van der Waals surface area (Å²) >= 11 is 0. The van der Waals surface area contributed by atoms with Crippen LogP contribution in [0.2, 0.25) is 0 Å². The maximum absolute atomic E-state index is 12.9. The molecule has 0 saturated carbocycles. The van der Waals surface area contributed by atoms with E-state index in [1.807, 2.05) is 0 Å². The molecule has 0 bridgehead atoms. The van der Waals surface area contributed by atoms with Crippen LogP contribution in [-0.2, 0) is 0 Å². The smallest absolute Gasteiger partial charge is 0.211 e. The third-order valence-corrected chi connectivity index (χ3v) is 2.39. The van der Waals surface area contributed by atoms with E-state index in [0.29, 0.717) is 11.1 Å². The highest BCUT2D eigenvalue weighted by Gasteiger charge is 2.13. The van der Waals surface area contributed by atoms with E-state index in [9.17, 15) is 13.6 Å². The number of nitrogens with zero attached hydrogens (tertiary/aromatic N) is 1. The lowest BCUT2D eigenvalue weighted by Crippen LogP contribution is -2.06. The van der Waals surface area contributed by atoms with E-state index in [2.05, 4.69) is 4.98 Å². The third kappa shape index (κ3) is 2.36. The van der Waals surface area contributed by atoms with Crippen LogP contribution >= 0.6 is 0 Å². The van der Waals surface area contributed by atoms with Crippen LogP contribution < -0.4 is 0 Å². The van der Waals surface area contributed by atoms with Crippen molar-refractivity contribution in [3.05, 3.63) is 65.0 Å². The van der Waals surface area contributed by atoms with Gasteiger partial charge in [-0.2, -0.15) is 0 Å². The monoisotopic (exact) mass is 233 g/mol. The van der Waals surface area contributed by atoms with Crippen molar-refractivity contribution in [2.45, 2.75) is 6.92 Å². The Morgan fingerprint density at radius 1 is 1.12 bits per heavy atom. The fourth-order valence-corrected chi connectivity index (χ4v) is 1.53. The van der Waals surface area contributed by atoms with Crippen LogP contribution in [0.15, 0.2) is 36.5 Å². The van der Waals surface area contributed by atoms with Gasteiger partial charge in [0.15, 0.2) is 0 Å². The number of ketones is 1. The lowest BCUT2D eigenvalue weighted by Gasteiger charge is -2.04. The predicted molar refractivity (Wildman–Crippen MR) is 58.8 cm³/mol. The number of benzene rings is 1. The Balaban J connectivity index is 2.40. The average Bonchev–Trinajstić information content (AvgIpc) is 2.29. The molecule has 0 spiro atoms. The average molecular weight is 233 g/mol. The number of pyridine rings is 1. The number of rotatable bonds is 2. The molecular formula is C13H9F2NO. The van der Waals surface area contributed by atoms with Crippen LogP contribution in [0.3, 0.4) is 0 Å². The minimum absolute atomic E-state index is 0.140. The minimum atomic E-state index is -0.502. The second-order valence-corrected chi connectivity index (χ2v) is 3.65. The summed E-state index contributed by atoms with van der Waals surface area (Å²) in [6, 6.07) is 6.36. The van der Waals surface area contributed by atoms with Gasteiger partial charge in [0, 0.05) is 5.56 Å². The van der Waals surface area contributed by atoms with Gasteiger partial charge in [-0.1, -0.05) is 0 Å². The van der Waals surface area contributed by atoms with Crippen LogP contribution in [0, 0.1) is 18.6 Å². The molecule has 86 valence electrons. The summed E-state index contributed by atoms with van der Waals surface area (Å²) in [5.41, 5.74) is 1.03. The summed E-state index contributed by atoms with van der Waals surface area (Å²) in [6.45, 7) is 1.64. The SMILES string of the molecule is Cc1cc(F)ccc1C(=O)c1ccc(F)cn1. The summed E-state index contributed by atoms with van der Waals surface area (Å²) < 4.78 is 25.6. The zero-order valence-corrected chi connectivity index (χ0v) is 9.08. The molecule has 0 aliphatic heterocycles. The summed E-state index contributed by atoms with van der Waals surface area (Å²) in [5.74, 6) is -1.24. The molecule has 1 aromatic carbocycles. The molecule has 0 N–H and O–H groups in total. The fraction of sp³-hybridized carbons (Fsp3) is 0.0769. The molecule has 2 aromatic rings. The summed E-state index contributed by atoms with van der Waals surface area (Å²) in [7, 11) is 0. The van der Waals surface area contributed by atoms with Gasteiger partial charge >= 0.3 is 0 Å². The van der Waals surface area contributed by atoms with Crippen molar-refractivity contribution in [2.75, 3.05) is 0 Å². The highest BCUT2D eigenvalue weighted by molar-refractivity contribution is 6.08. The Kier molecular flexibility index (Phi) is 2.95. The van der Waals surface area contributed by atoms with Crippen molar-refractivity contribution in [1.82, 2.24) is 4.98 Å². The van der Waals surface area contributed by atoms with Gasteiger partial charge < -0.3 is 0 Å². The fourth-order valence-electron chi connectivity index (χ4n) is 1.53. The molecule has 0 aliphatic rings. The van der Waals surface area contributed by atoms with Gasteiger partial charge in [-0.25, -0.2) is 13.8 Å².